The number of hydrogen-bond acceptors (Lipinski definition) is 4. The summed E-state index contributed by atoms with van der Waals surface area (Å²) in [7, 11) is -1.90. The van der Waals surface area contributed by atoms with E-state index in [1.807, 2.05) is 18.2 Å². The van der Waals surface area contributed by atoms with Gasteiger partial charge in [-0.25, -0.2) is 13.2 Å². The number of ether oxygens (including phenoxy) is 1. The molecule has 0 saturated carbocycles. The van der Waals surface area contributed by atoms with Crippen molar-refractivity contribution in [2.75, 3.05) is 25.2 Å². The van der Waals surface area contributed by atoms with Gasteiger partial charge in [-0.05, 0) is 29.3 Å². The van der Waals surface area contributed by atoms with Gasteiger partial charge in [-0.1, -0.05) is 22.0 Å². The summed E-state index contributed by atoms with van der Waals surface area (Å²) in [6.45, 7) is 1.70. The molecule has 0 unspecified atom stereocenters. The Kier molecular flexibility index (Phi) is 5.55. The smallest absolute Gasteiger partial charge is 0.330 e. The summed E-state index contributed by atoms with van der Waals surface area (Å²) in [6.07, 6.45) is 5.03. The fourth-order valence-electron chi connectivity index (χ4n) is 3.40. The van der Waals surface area contributed by atoms with E-state index in [0.29, 0.717) is 19.5 Å². The zero-order valence-electron chi connectivity index (χ0n) is 14.7. The Bertz CT molecular complexity index is 979. The number of benzene rings is 1. The summed E-state index contributed by atoms with van der Waals surface area (Å²) in [5, 5.41) is 1.85. The molecular weight excluding hydrogens is 420 g/mol. The Morgan fingerprint density at radius 3 is 2.81 bits per heavy atom. The lowest BCUT2D eigenvalue weighted by molar-refractivity contribution is -0.134. The van der Waals surface area contributed by atoms with Gasteiger partial charge >= 0.3 is 5.97 Å². The van der Waals surface area contributed by atoms with Crippen molar-refractivity contribution in [1.82, 2.24) is 8.87 Å². The number of alkyl halides is 1. The number of methoxy groups -OCH3 is 1. The van der Waals surface area contributed by atoms with Crippen LogP contribution in [0.1, 0.15) is 16.8 Å². The number of aromatic nitrogens is 1. The highest BCUT2D eigenvalue weighted by Crippen LogP contribution is 2.33. The largest absolute Gasteiger partial charge is 0.466 e. The lowest BCUT2D eigenvalue weighted by Gasteiger charge is -2.26. The fraction of sp³-hybridized carbons (Fsp3) is 0.389. The third-order valence-electron chi connectivity index (χ3n) is 4.63. The third-order valence-corrected chi connectivity index (χ3v) is 6.24. The molecule has 0 aliphatic carbocycles. The highest BCUT2D eigenvalue weighted by atomic mass is 79.9. The van der Waals surface area contributed by atoms with Crippen LogP contribution in [0.2, 0.25) is 0 Å². The van der Waals surface area contributed by atoms with Crippen LogP contribution >= 0.6 is 15.9 Å². The van der Waals surface area contributed by atoms with E-state index in [1.54, 1.807) is 6.08 Å². The maximum atomic E-state index is 12.0. The fourth-order valence-corrected chi connectivity index (χ4v) is 4.54. The molecule has 1 aliphatic rings. The van der Waals surface area contributed by atoms with E-state index in [9.17, 15) is 13.2 Å². The molecule has 8 heteroatoms. The van der Waals surface area contributed by atoms with E-state index >= 15 is 0 Å². The van der Waals surface area contributed by atoms with Gasteiger partial charge in [0, 0.05) is 54.1 Å². The Balaban J connectivity index is 2.11. The van der Waals surface area contributed by atoms with Crippen LogP contribution in [0.4, 0.5) is 0 Å². The standard InChI is InChI=1S/C18H21BrN2O4S/c1-25-18(22)6-4-13-3-5-16-14(11-13)15-12-20(26(2,23)24)9-7-17(15)21(16)10-8-19/h3-6,11H,7-10,12H2,1-2H3/b6-4+. The number of hydrogen-bond donors (Lipinski definition) is 0. The van der Waals surface area contributed by atoms with Gasteiger partial charge in [0.1, 0.15) is 0 Å². The van der Waals surface area contributed by atoms with Gasteiger partial charge in [-0.3, -0.25) is 0 Å². The van der Waals surface area contributed by atoms with Gasteiger partial charge < -0.3 is 9.30 Å². The second-order valence-corrected chi connectivity index (χ2v) is 9.02. The third kappa shape index (κ3) is 3.72. The molecule has 3 rings (SSSR count). The first-order valence-electron chi connectivity index (χ1n) is 8.26. The number of fused-ring (bicyclic) bond motifs is 3. The van der Waals surface area contributed by atoms with E-state index in [1.165, 1.54) is 29.4 Å². The van der Waals surface area contributed by atoms with Crippen LogP contribution in [0.25, 0.3) is 17.0 Å². The van der Waals surface area contributed by atoms with Crippen molar-refractivity contribution in [2.24, 2.45) is 0 Å². The van der Waals surface area contributed by atoms with E-state index in [0.717, 1.165) is 33.9 Å². The minimum absolute atomic E-state index is 0.379. The number of esters is 1. The molecule has 0 bridgehead atoms. The number of rotatable bonds is 5. The predicted molar refractivity (Wildman–Crippen MR) is 106 cm³/mol. The molecule has 1 aliphatic heterocycles. The Morgan fingerprint density at radius 2 is 2.15 bits per heavy atom. The minimum atomic E-state index is -3.24. The molecule has 1 aromatic carbocycles. The maximum absolute atomic E-state index is 12.0. The van der Waals surface area contributed by atoms with Crippen molar-refractivity contribution < 1.29 is 17.9 Å². The topological polar surface area (TPSA) is 68.6 Å². The number of carbonyl (C=O) groups is 1. The van der Waals surface area contributed by atoms with Crippen LogP contribution in [0.5, 0.6) is 0 Å². The molecule has 0 fully saturated rings. The molecule has 0 N–H and O–H groups in total. The normalized spacial score (nSPS) is 15.5. The lowest BCUT2D eigenvalue weighted by atomic mass is 10.0. The van der Waals surface area contributed by atoms with E-state index < -0.39 is 16.0 Å². The van der Waals surface area contributed by atoms with Crippen LogP contribution in [-0.4, -0.2) is 48.5 Å². The maximum Gasteiger partial charge on any atom is 0.330 e. The second-order valence-electron chi connectivity index (χ2n) is 6.25. The molecular formula is C18H21BrN2O4S. The summed E-state index contributed by atoms with van der Waals surface area (Å²) in [6, 6.07) is 5.98. The molecule has 2 aromatic rings. The van der Waals surface area contributed by atoms with Gasteiger partial charge in [0.2, 0.25) is 10.0 Å². The Hall–Kier alpha value is -1.64. The number of aryl methyl sites for hydroxylation is 1. The first-order chi connectivity index (χ1) is 12.3. The van der Waals surface area contributed by atoms with E-state index in [4.69, 9.17) is 0 Å². The van der Waals surface area contributed by atoms with Crippen molar-refractivity contribution in [3.63, 3.8) is 0 Å². The van der Waals surface area contributed by atoms with Gasteiger partial charge in [0.15, 0.2) is 0 Å². The SMILES string of the molecule is COC(=O)/C=C/c1ccc2c(c1)c1c(n2CCBr)CCN(S(C)(=O)=O)C1. The zero-order chi connectivity index (χ0) is 18.9. The summed E-state index contributed by atoms with van der Waals surface area (Å²) in [5.74, 6) is -0.410. The summed E-state index contributed by atoms with van der Waals surface area (Å²) >= 11 is 3.50. The highest BCUT2D eigenvalue weighted by Gasteiger charge is 2.28. The summed E-state index contributed by atoms with van der Waals surface area (Å²) in [5.41, 5.74) is 4.19. The minimum Gasteiger partial charge on any atom is -0.466 e. The van der Waals surface area contributed by atoms with Crippen LogP contribution in [0, 0.1) is 0 Å². The lowest BCUT2D eigenvalue weighted by Crippen LogP contribution is -2.35. The average Bonchev–Trinajstić information content (AvgIpc) is 2.92. The molecule has 0 amide bonds. The monoisotopic (exact) mass is 440 g/mol. The molecule has 6 nitrogen and oxygen atoms in total. The second kappa shape index (κ2) is 7.54. The van der Waals surface area contributed by atoms with E-state index in [2.05, 4.69) is 25.2 Å². The quantitative estimate of drug-likeness (QED) is 0.406. The summed E-state index contributed by atoms with van der Waals surface area (Å²) in [4.78, 5) is 11.3. The van der Waals surface area contributed by atoms with E-state index in [-0.39, 0.29) is 0 Å². The van der Waals surface area contributed by atoms with Crippen LogP contribution in [0.15, 0.2) is 24.3 Å². The zero-order valence-corrected chi connectivity index (χ0v) is 17.1. The van der Waals surface area contributed by atoms with Crippen LogP contribution < -0.4 is 0 Å². The van der Waals surface area contributed by atoms with Crippen molar-refractivity contribution in [3.8, 4) is 0 Å². The average molecular weight is 441 g/mol. The molecule has 2 heterocycles. The Morgan fingerprint density at radius 1 is 1.38 bits per heavy atom. The first-order valence-corrected chi connectivity index (χ1v) is 11.2. The van der Waals surface area contributed by atoms with Crippen LogP contribution in [-0.2, 0) is 39.1 Å². The number of carbonyl (C=O) groups excluding carboxylic acids is 1. The number of sulfonamides is 1. The van der Waals surface area contributed by atoms with Crippen LogP contribution in [0.3, 0.4) is 0 Å². The first kappa shape index (κ1) is 19.1. The van der Waals surface area contributed by atoms with Gasteiger partial charge in [0.25, 0.3) is 0 Å². The summed E-state index contributed by atoms with van der Waals surface area (Å²) < 4.78 is 32.4. The Labute approximate surface area is 161 Å². The molecule has 0 spiro atoms. The van der Waals surface area contributed by atoms with Gasteiger partial charge in [-0.2, -0.15) is 4.31 Å². The molecule has 140 valence electrons. The van der Waals surface area contributed by atoms with Crippen molar-refractivity contribution >= 4 is 48.9 Å². The molecule has 0 radical (unpaired) electrons. The molecule has 26 heavy (non-hydrogen) atoms. The molecule has 0 saturated heterocycles. The highest BCUT2D eigenvalue weighted by molar-refractivity contribution is 9.09. The number of nitrogens with zero attached hydrogens (tertiary/aromatic N) is 2. The van der Waals surface area contributed by atoms with Crippen molar-refractivity contribution in [2.45, 2.75) is 19.5 Å². The number of halogens is 1. The van der Waals surface area contributed by atoms with Gasteiger partial charge in [0.05, 0.1) is 13.4 Å². The van der Waals surface area contributed by atoms with Crippen molar-refractivity contribution in [1.29, 1.82) is 0 Å². The van der Waals surface area contributed by atoms with Crippen molar-refractivity contribution in [3.05, 3.63) is 41.1 Å². The molecule has 0 atom stereocenters. The van der Waals surface area contributed by atoms with Gasteiger partial charge in [-0.15, -0.1) is 0 Å². The molecule has 1 aromatic heterocycles. The predicted octanol–water partition coefficient (Wildman–Crippen LogP) is 2.54.